The largest absolute Gasteiger partial charge is 0.491 e. The van der Waals surface area contributed by atoms with E-state index in [2.05, 4.69) is 18.8 Å². The van der Waals surface area contributed by atoms with E-state index < -0.39 is 17.5 Å². The Morgan fingerprint density at radius 1 is 1.03 bits per heavy atom. The van der Waals surface area contributed by atoms with E-state index in [1.807, 2.05) is 0 Å². The van der Waals surface area contributed by atoms with Crippen molar-refractivity contribution in [3.05, 3.63) is 52.3 Å². The SMILES string of the molecule is CCCC1CCC(C#Cc2ccc3c(c2F)Oc2c(cc(OCC)c(F)c2F)C3)OC1. The molecule has 2 aromatic carbocycles. The van der Waals surface area contributed by atoms with Crippen LogP contribution in [0.4, 0.5) is 13.2 Å². The number of fused-ring (bicyclic) bond motifs is 2. The van der Waals surface area contributed by atoms with Crippen molar-refractivity contribution in [2.75, 3.05) is 13.2 Å². The molecule has 0 N–H and O–H groups in total. The molecule has 1 fully saturated rings. The summed E-state index contributed by atoms with van der Waals surface area (Å²) in [4.78, 5) is 0. The Morgan fingerprint density at radius 3 is 2.55 bits per heavy atom. The Hall–Kier alpha value is -2.65. The van der Waals surface area contributed by atoms with Gasteiger partial charge in [0.05, 0.1) is 18.8 Å². The van der Waals surface area contributed by atoms with Crippen LogP contribution in [0.2, 0.25) is 0 Å². The van der Waals surface area contributed by atoms with Crippen LogP contribution in [-0.4, -0.2) is 19.3 Å². The quantitative estimate of drug-likeness (QED) is 0.465. The molecule has 0 radical (unpaired) electrons. The van der Waals surface area contributed by atoms with Gasteiger partial charge in [0.25, 0.3) is 0 Å². The van der Waals surface area contributed by atoms with Crippen LogP contribution in [0, 0.1) is 35.2 Å². The summed E-state index contributed by atoms with van der Waals surface area (Å²) in [6.45, 7) is 4.72. The minimum absolute atomic E-state index is 0.116. The van der Waals surface area contributed by atoms with E-state index in [0.717, 1.165) is 25.7 Å². The average Bonchev–Trinajstić information content (AvgIpc) is 2.77. The minimum atomic E-state index is -1.18. The molecule has 2 heterocycles. The number of hydrogen-bond acceptors (Lipinski definition) is 3. The number of benzene rings is 2. The molecular formula is C25H25F3O3. The van der Waals surface area contributed by atoms with Gasteiger partial charge in [0.15, 0.2) is 23.1 Å². The molecule has 0 amide bonds. The Kier molecular flexibility index (Phi) is 6.43. The summed E-state index contributed by atoms with van der Waals surface area (Å²) >= 11 is 0. The number of halogens is 3. The Labute approximate surface area is 180 Å². The van der Waals surface area contributed by atoms with Gasteiger partial charge < -0.3 is 14.2 Å². The van der Waals surface area contributed by atoms with Crippen molar-refractivity contribution in [1.82, 2.24) is 0 Å². The molecule has 0 saturated carbocycles. The van der Waals surface area contributed by atoms with Gasteiger partial charge in [0, 0.05) is 17.5 Å². The summed E-state index contributed by atoms with van der Waals surface area (Å²) in [5.41, 5.74) is 1.10. The second-order valence-electron chi connectivity index (χ2n) is 7.94. The third kappa shape index (κ3) is 4.38. The van der Waals surface area contributed by atoms with Gasteiger partial charge in [-0.05, 0) is 44.2 Å². The first-order chi connectivity index (χ1) is 15.0. The minimum Gasteiger partial charge on any atom is -0.491 e. The summed E-state index contributed by atoms with van der Waals surface area (Å²) in [6, 6.07) is 4.69. The molecule has 3 nitrogen and oxygen atoms in total. The van der Waals surface area contributed by atoms with Crippen LogP contribution >= 0.6 is 0 Å². The van der Waals surface area contributed by atoms with Crippen LogP contribution in [-0.2, 0) is 11.2 Å². The molecular weight excluding hydrogens is 405 g/mol. The maximum atomic E-state index is 15.1. The fourth-order valence-electron chi connectivity index (χ4n) is 4.10. The summed E-state index contributed by atoms with van der Waals surface area (Å²) in [5.74, 6) is 2.79. The third-order valence-electron chi connectivity index (χ3n) is 5.70. The molecule has 0 spiro atoms. The standard InChI is InChI=1S/C25H25F3O3/c1-3-5-15-6-10-19(30-14-15)11-9-16-7-8-17-12-18-13-20(29-4-2)22(27)23(28)25(18)31-24(17)21(16)26/h7-8,13,15,19H,3-6,10,12,14H2,1-2H3. The van der Waals surface area contributed by atoms with Crippen LogP contribution in [0.15, 0.2) is 18.2 Å². The molecule has 2 aliphatic heterocycles. The van der Waals surface area contributed by atoms with Gasteiger partial charge in [0.2, 0.25) is 11.6 Å². The summed E-state index contributed by atoms with van der Waals surface area (Å²) in [5, 5.41) is 0. The van der Waals surface area contributed by atoms with Gasteiger partial charge in [-0.2, -0.15) is 8.78 Å². The predicted molar refractivity (Wildman–Crippen MR) is 111 cm³/mol. The topological polar surface area (TPSA) is 27.7 Å². The summed E-state index contributed by atoms with van der Waals surface area (Å²) in [6.07, 6.45) is 4.12. The van der Waals surface area contributed by atoms with Gasteiger partial charge >= 0.3 is 0 Å². The lowest BCUT2D eigenvalue weighted by atomic mass is 9.94. The molecule has 1 saturated heterocycles. The van der Waals surface area contributed by atoms with Crippen molar-refractivity contribution < 1.29 is 27.4 Å². The molecule has 31 heavy (non-hydrogen) atoms. The van der Waals surface area contributed by atoms with Gasteiger partial charge in [-0.1, -0.05) is 31.3 Å². The summed E-state index contributed by atoms with van der Waals surface area (Å²) in [7, 11) is 0. The smallest absolute Gasteiger partial charge is 0.205 e. The Bertz CT molecular complexity index is 1030. The van der Waals surface area contributed by atoms with Crippen LogP contribution in [0.25, 0.3) is 0 Å². The van der Waals surface area contributed by atoms with E-state index in [0.29, 0.717) is 23.7 Å². The molecule has 2 aromatic rings. The molecule has 4 rings (SSSR count). The first kappa shape index (κ1) is 21.6. The van der Waals surface area contributed by atoms with E-state index in [-0.39, 0.29) is 41.9 Å². The Morgan fingerprint density at radius 2 is 1.84 bits per heavy atom. The van der Waals surface area contributed by atoms with Gasteiger partial charge in [-0.3, -0.25) is 0 Å². The van der Waals surface area contributed by atoms with E-state index in [1.165, 1.54) is 6.07 Å². The predicted octanol–water partition coefficient (Wildman–Crippen LogP) is 6.15. The second kappa shape index (κ2) is 9.23. The van der Waals surface area contributed by atoms with Gasteiger partial charge in [0.1, 0.15) is 6.10 Å². The highest BCUT2D eigenvalue weighted by molar-refractivity contribution is 5.56. The maximum absolute atomic E-state index is 15.1. The number of hydrogen-bond donors (Lipinski definition) is 0. The van der Waals surface area contributed by atoms with Crippen molar-refractivity contribution in [1.29, 1.82) is 0 Å². The first-order valence-corrected chi connectivity index (χ1v) is 10.8. The average molecular weight is 430 g/mol. The molecule has 6 heteroatoms. The fourth-order valence-corrected chi connectivity index (χ4v) is 4.10. The molecule has 164 valence electrons. The fraction of sp³-hybridized carbons (Fsp3) is 0.440. The highest BCUT2D eigenvalue weighted by atomic mass is 19.2. The van der Waals surface area contributed by atoms with Crippen LogP contribution in [0.1, 0.15) is 56.2 Å². The van der Waals surface area contributed by atoms with Crippen molar-refractivity contribution in [2.24, 2.45) is 5.92 Å². The van der Waals surface area contributed by atoms with Crippen molar-refractivity contribution in [3.63, 3.8) is 0 Å². The molecule has 0 bridgehead atoms. The first-order valence-electron chi connectivity index (χ1n) is 10.8. The highest BCUT2D eigenvalue weighted by Gasteiger charge is 2.29. The zero-order chi connectivity index (χ0) is 22.0. The van der Waals surface area contributed by atoms with Gasteiger partial charge in [-0.25, -0.2) is 4.39 Å². The zero-order valence-corrected chi connectivity index (χ0v) is 17.7. The molecule has 0 aromatic heterocycles. The highest BCUT2D eigenvalue weighted by Crippen LogP contribution is 2.43. The maximum Gasteiger partial charge on any atom is 0.205 e. The monoisotopic (exact) mass is 430 g/mol. The molecule has 2 unspecified atom stereocenters. The van der Waals surface area contributed by atoms with Crippen LogP contribution in [0.5, 0.6) is 17.2 Å². The van der Waals surface area contributed by atoms with Crippen molar-refractivity contribution >= 4 is 0 Å². The van der Waals surface area contributed by atoms with E-state index >= 15 is 4.39 Å². The zero-order valence-electron chi connectivity index (χ0n) is 17.7. The molecule has 0 aliphatic carbocycles. The van der Waals surface area contributed by atoms with Crippen LogP contribution < -0.4 is 9.47 Å². The lowest BCUT2D eigenvalue weighted by molar-refractivity contribution is 0.0135. The van der Waals surface area contributed by atoms with Gasteiger partial charge in [-0.15, -0.1) is 0 Å². The molecule has 2 aliphatic rings. The lowest BCUT2D eigenvalue weighted by Gasteiger charge is -2.25. The van der Waals surface area contributed by atoms with Crippen molar-refractivity contribution in [3.8, 4) is 29.1 Å². The van der Waals surface area contributed by atoms with Crippen molar-refractivity contribution in [2.45, 2.75) is 52.1 Å². The lowest BCUT2D eigenvalue weighted by Crippen LogP contribution is -2.24. The third-order valence-corrected chi connectivity index (χ3v) is 5.70. The normalized spacial score (nSPS) is 19.5. The van der Waals surface area contributed by atoms with Crippen LogP contribution in [0.3, 0.4) is 0 Å². The van der Waals surface area contributed by atoms with E-state index in [4.69, 9.17) is 14.2 Å². The van der Waals surface area contributed by atoms with E-state index in [9.17, 15) is 8.78 Å². The Balaban J connectivity index is 1.56. The summed E-state index contributed by atoms with van der Waals surface area (Å²) < 4.78 is 60.3. The number of rotatable bonds is 4. The second-order valence-corrected chi connectivity index (χ2v) is 7.94. The number of ether oxygens (including phenoxy) is 3. The molecule has 2 atom stereocenters. The van der Waals surface area contributed by atoms with E-state index in [1.54, 1.807) is 19.1 Å².